The SMILES string of the molecule is Cc1csc2n1c1ccccc1[n+]2C. The molecule has 0 radical (unpaired) electrons. The topological polar surface area (TPSA) is 8.29 Å². The van der Waals surface area contributed by atoms with Crippen LogP contribution in [0.25, 0.3) is 16.0 Å². The van der Waals surface area contributed by atoms with Crippen molar-refractivity contribution in [2.45, 2.75) is 6.92 Å². The number of benzene rings is 1. The maximum Gasteiger partial charge on any atom is 0.346 e. The Morgan fingerprint density at radius 2 is 2.07 bits per heavy atom. The lowest BCUT2D eigenvalue weighted by atomic mass is 10.3. The zero-order valence-corrected chi connectivity index (χ0v) is 9.01. The number of thiazole rings is 1. The highest BCUT2D eigenvalue weighted by Gasteiger charge is 2.18. The summed E-state index contributed by atoms with van der Waals surface area (Å²) in [5.41, 5.74) is 3.90. The quantitative estimate of drug-likeness (QED) is 0.495. The van der Waals surface area contributed by atoms with Gasteiger partial charge in [0.2, 0.25) is 0 Å². The van der Waals surface area contributed by atoms with Gasteiger partial charge in [0, 0.05) is 5.38 Å². The number of imidazole rings is 1. The van der Waals surface area contributed by atoms with E-state index < -0.39 is 0 Å². The lowest BCUT2D eigenvalue weighted by Gasteiger charge is -1.85. The number of aromatic nitrogens is 2. The van der Waals surface area contributed by atoms with Gasteiger partial charge in [0.25, 0.3) is 0 Å². The third-order valence-electron chi connectivity index (χ3n) is 2.65. The highest BCUT2D eigenvalue weighted by molar-refractivity contribution is 7.14. The van der Waals surface area contributed by atoms with Crippen LogP contribution in [0.5, 0.6) is 0 Å². The van der Waals surface area contributed by atoms with Crippen LogP contribution in [0, 0.1) is 6.92 Å². The predicted octanol–water partition coefficient (Wildman–Crippen LogP) is 2.29. The molecule has 14 heavy (non-hydrogen) atoms. The van der Waals surface area contributed by atoms with Crippen LogP contribution in [0.1, 0.15) is 5.69 Å². The van der Waals surface area contributed by atoms with Crippen molar-refractivity contribution < 1.29 is 4.57 Å². The Kier molecular flexibility index (Phi) is 1.47. The fourth-order valence-corrected chi connectivity index (χ4v) is 2.94. The summed E-state index contributed by atoms with van der Waals surface area (Å²) in [7, 11) is 2.12. The summed E-state index contributed by atoms with van der Waals surface area (Å²) in [6, 6.07) is 8.50. The molecule has 0 aliphatic heterocycles. The summed E-state index contributed by atoms with van der Waals surface area (Å²) >= 11 is 1.79. The maximum atomic E-state index is 2.31. The van der Waals surface area contributed by atoms with Gasteiger partial charge in [0.05, 0.1) is 7.05 Å². The first kappa shape index (κ1) is 8.00. The summed E-state index contributed by atoms with van der Waals surface area (Å²) in [6.45, 7) is 2.15. The number of nitrogens with zero attached hydrogens (tertiary/aromatic N) is 2. The van der Waals surface area contributed by atoms with Crippen molar-refractivity contribution in [1.29, 1.82) is 0 Å². The van der Waals surface area contributed by atoms with Gasteiger partial charge in [-0.3, -0.25) is 0 Å². The average Bonchev–Trinajstić information content (AvgIpc) is 2.70. The van der Waals surface area contributed by atoms with Gasteiger partial charge >= 0.3 is 4.96 Å². The molecule has 2 aromatic heterocycles. The molecule has 0 unspecified atom stereocenters. The molecule has 0 aliphatic carbocycles. The van der Waals surface area contributed by atoms with E-state index >= 15 is 0 Å². The molecule has 0 bridgehead atoms. The minimum atomic E-state index is 1.29. The largest absolute Gasteiger partial charge is 0.346 e. The summed E-state index contributed by atoms with van der Waals surface area (Å²) in [4.78, 5) is 1.30. The van der Waals surface area contributed by atoms with Gasteiger partial charge in [-0.05, 0) is 19.1 Å². The maximum absolute atomic E-state index is 2.31. The first-order chi connectivity index (χ1) is 6.79. The average molecular weight is 203 g/mol. The predicted molar refractivity (Wildman–Crippen MR) is 58.7 cm³/mol. The van der Waals surface area contributed by atoms with Gasteiger partial charge < -0.3 is 0 Å². The van der Waals surface area contributed by atoms with Crippen molar-refractivity contribution in [1.82, 2.24) is 4.40 Å². The van der Waals surface area contributed by atoms with Gasteiger partial charge in [-0.15, -0.1) is 0 Å². The Balaban J connectivity index is 2.70. The van der Waals surface area contributed by atoms with Crippen molar-refractivity contribution in [2.24, 2.45) is 7.05 Å². The lowest BCUT2D eigenvalue weighted by Crippen LogP contribution is -2.25. The van der Waals surface area contributed by atoms with Crippen LogP contribution in [-0.2, 0) is 7.05 Å². The molecule has 0 fully saturated rings. The van der Waals surface area contributed by atoms with Gasteiger partial charge in [-0.1, -0.05) is 23.5 Å². The highest BCUT2D eigenvalue weighted by atomic mass is 32.1. The molecule has 0 saturated heterocycles. The van der Waals surface area contributed by atoms with E-state index in [4.69, 9.17) is 0 Å². The van der Waals surface area contributed by atoms with Crippen LogP contribution < -0.4 is 4.57 Å². The standard InChI is InChI=1S/C11H11N2S/c1-8-7-14-11-12(2)9-5-3-4-6-10(9)13(8)11/h3-7H,1-2H3/q+1. The van der Waals surface area contributed by atoms with E-state index in [1.54, 1.807) is 11.3 Å². The number of rotatable bonds is 0. The molecule has 0 amide bonds. The van der Waals surface area contributed by atoms with E-state index in [0.717, 1.165) is 0 Å². The van der Waals surface area contributed by atoms with Crippen LogP contribution in [0.4, 0.5) is 0 Å². The van der Waals surface area contributed by atoms with Gasteiger partial charge in [-0.2, -0.15) is 4.40 Å². The Morgan fingerprint density at radius 3 is 2.93 bits per heavy atom. The van der Waals surface area contributed by atoms with Crippen molar-refractivity contribution in [2.75, 3.05) is 0 Å². The minimum absolute atomic E-state index is 1.29. The van der Waals surface area contributed by atoms with Crippen molar-refractivity contribution in [3.8, 4) is 0 Å². The summed E-state index contributed by atoms with van der Waals surface area (Å²) in [6.07, 6.45) is 0. The van der Waals surface area contributed by atoms with Gasteiger partial charge in [0.1, 0.15) is 5.69 Å². The molecule has 70 valence electrons. The van der Waals surface area contributed by atoms with Crippen LogP contribution >= 0.6 is 11.3 Å². The zero-order chi connectivity index (χ0) is 9.71. The monoisotopic (exact) mass is 203 g/mol. The Bertz CT molecular complexity index is 619. The van der Waals surface area contributed by atoms with Gasteiger partial charge in [0.15, 0.2) is 11.0 Å². The number of aryl methyl sites for hydroxylation is 2. The van der Waals surface area contributed by atoms with Crippen LogP contribution in [0.15, 0.2) is 29.6 Å². The van der Waals surface area contributed by atoms with E-state index in [-0.39, 0.29) is 0 Å². The minimum Gasteiger partial charge on any atom is -0.216 e. The fraction of sp³-hybridized carbons (Fsp3) is 0.182. The second kappa shape index (κ2) is 2.58. The summed E-state index contributed by atoms with van der Waals surface area (Å²) in [5.74, 6) is 0. The van der Waals surface area contributed by atoms with Crippen molar-refractivity contribution in [3.05, 3.63) is 35.3 Å². The number of hydrogen-bond acceptors (Lipinski definition) is 1. The van der Waals surface area contributed by atoms with Crippen LogP contribution in [0.2, 0.25) is 0 Å². The molecule has 2 nitrogen and oxygen atoms in total. The van der Waals surface area contributed by atoms with E-state index in [0.29, 0.717) is 0 Å². The summed E-state index contributed by atoms with van der Waals surface area (Å²) in [5, 5.41) is 2.20. The molecule has 0 aliphatic rings. The third-order valence-corrected chi connectivity index (χ3v) is 3.78. The van der Waals surface area contributed by atoms with E-state index in [2.05, 4.69) is 52.6 Å². The van der Waals surface area contributed by atoms with E-state index in [1.807, 2.05) is 0 Å². The van der Waals surface area contributed by atoms with Crippen molar-refractivity contribution >= 4 is 27.3 Å². The molecule has 0 atom stereocenters. The molecule has 1 aromatic carbocycles. The normalized spacial score (nSPS) is 11.6. The highest BCUT2D eigenvalue weighted by Crippen LogP contribution is 2.20. The zero-order valence-electron chi connectivity index (χ0n) is 8.19. The van der Waals surface area contributed by atoms with Crippen LogP contribution in [-0.4, -0.2) is 4.40 Å². The Hall–Kier alpha value is -1.35. The van der Waals surface area contributed by atoms with E-state index in [1.165, 1.54) is 21.7 Å². The molecule has 3 aromatic rings. The number of para-hydroxylation sites is 2. The lowest BCUT2D eigenvalue weighted by molar-refractivity contribution is -0.616. The second-order valence-electron chi connectivity index (χ2n) is 3.54. The molecule has 3 rings (SSSR count). The fourth-order valence-electron chi connectivity index (χ4n) is 1.96. The first-order valence-electron chi connectivity index (χ1n) is 4.62. The molecule has 0 N–H and O–H groups in total. The molecule has 0 saturated carbocycles. The number of hydrogen-bond donors (Lipinski definition) is 0. The van der Waals surface area contributed by atoms with Gasteiger partial charge in [-0.25, -0.2) is 4.57 Å². The second-order valence-corrected chi connectivity index (χ2v) is 4.38. The molecule has 0 spiro atoms. The van der Waals surface area contributed by atoms with Crippen molar-refractivity contribution in [3.63, 3.8) is 0 Å². The van der Waals surface area contributed by atoms with E-state index in [9.17, 15) is 0 Å². The molecule has 3 heteroatoms. The molecular formula is C11H11N2S+. The number of fused-ring (bicyclic) bond motifs is 3. The Morgan fingerprint density at radius 1 is 1.29 bits per heavy atom. The third kappa shape index (κ3) is 0.826. The molecular weight excluding hydrogens is 192 g/mol. The first-order valence-corrected chi connectivity index (χ1v) is 5.50. The summed E-state index contributed by atoms with van der Waals surface area (Å²) < 4.78 is 4.55. The van der Waals surface area contributed by atoms with Crippen LogP contribution in [0.3, 0.4) is 0 Å². The molecule has 2 heterocycles. The smallest absolute Gasteiger partial charge is 0.216 e. The Labute approximate surface area is 86.0 Å².